The van der Waals surface area contributed by atoms with Crippen LogP contribution in [0.3, 0.4) is 0 Å². The van der Waals surface area contributed by atoms with Crippen LogP contribution in [0.1, 0.15) is 22.3 Å². The van der Waals surface area contributed by atoms with Crippen molar-refractivity contribution in [3.05, 3.63) is 52.5 Å². The lowest BCUT2D eigenvalue weighted by atomic mass is 10.2. The number of thiazole rings is 1. The van der Waals surface area contributed by atoms with Crippen molar-refractivity contribution in [2.75, 3.05) is 0 Å². The highest BCUT2D eigenvalue weighted by atomic mass is 32.1. The minimum absolute atomic E-state index is 0.148. The van der Waals surface area contributed by atoms with Crippen LogP contribution in [0.4, 0.5) is 0 Å². The molecule has 1 atom stereocenters. The fourth-order valence-electron chi connectivity index (χ4n) is 1.50. The molecule has 108 valence electrons. The van der Waals surface area contributed by atoms with Gasteiger partial charge in [-0.15, -0.1) is 11.3 Å². The second kappa shape index (κ2) is 6.81. The smallest absolute Gasteiger partial charge is 0.344 e. The van der Waals surface area contributed by atoms with Crippen LogP contribution in [0.2, 0.25) is 0 Å². The van der Waals surface area contributed by atoms with E-state index in [2.05, 4.69) is 4.98 Å². The summed E-state index contributed by atoms with van der Waals surface area (Å²) in [6, 6.07) is 6.81. The molecule has 2 aromatic rings. The largest absolute Gasteiger partial charge is 0.479 e. The first kappa shape index (κ1) is 14.9. The van der Waals surface area contributed by atoms with Crippen LogP contribution in [-0.4, -0.2) is 27.9 Å². The summed E-state index contributed by atoms with van der Waals surface area (Å²) >= 11 is 1.29. The van der Waals surface area contributed by atoms with E-state index >= 15 is 0 Å². The number of ketones is 1. The number of carboxylic acids is 1. The summed E-state index contributed by atoms with van der Waals surface area (Å²) in [7, 11) is 0. The summed E-state index contributed by atoms with van der Waals surface area (Å²) in [6.07, 6.45) is 3.81. The van der Waals surface area contributed by atoms with Gasteiger partial charge < -0.3 is 9.84 Å². The molecule has 5 nitrogen and oxygen atoms in total. The van der Waals surface area contributed by atoms with E-state index in [0.717, 1.165) is 5.56 Å². The molecular formula is C15H13NO4S. The number of allylic oxidation sites excluding steroid dienone is 1. The van der Waals surface area contributed by atoms with Crippen LogP contribution >= 0.6 is 11.3 Å². The average Bonchev–Trinajstić information content (AvgIpc) is 3.00. The quantitative estimate of drug-likeness (QED) is 0.656. The number of carboxylic acid groups (broad SMARTS) is 1. The molecule has 1 aromatic heterocycles. The molecule has 1 aromatic carbocycles. The van der Waals surface area contributed by atoms with E-state index in [4.69, 9.17) is 9.84 Å². The molecule has 0 amide bonds. The summed E-state index contributed by atoms with van der Waals surface area (Å²) in [5.41, 5.74) is 0.815. The first-order chi connectivity index (χ1) is 10.1. The molecule has 0 saturated carbocycles. The standard InChI is InChI=1S/C15H13NO4S/c1-10(15(18)19)20-12-5-2-11(3-6-12)4-7-13(17)14-16-8-9-21-14/h2-10H,1H3,(H,18,19)/b7-4+. The average molecular weight is 303 g/mol. The van der Waals surface area contributed by atoms with E-state index in [-0.39, 0.29) is 5.78 Å². The van der Waals surface area contributed by atoms with Gasteiger partial charge in [-0.05, 0) is 30.7 Å². The van der Waals surface area contributed by atoms with Crippen molar-refractivity contribution < 1.29 is 19.4 Å². The highest BCUT2D eigenvalue weighted by Crippen LogP contribution is 2.15. The summed E-state index contributed by atoms with van der Waals surface area (Å²) in [5, 5.41) is 10.9. The van der Waals surface area contributed by atoms with E-state index in [9.17, 15) is 9.59 Å². The second-order valence-electron chi connectivity index (χ2n) is 4.20. The molecule has 0 aliphatic rings. The Morgan fingerprint density at radius 3 is 2.62 bits per heavy atom. The highest BCUT2D eigenvalue weighted by molar-refractivity contribution is 7.11. The van der Waals surface area contributed by atoms with Gasteiger partial charge in [-0.1, -0.05) is 18.2 Å². The third-order valence-corrected chi connectivity index (χ3v) is 3.40. The Labute approximate surface area is 125 Å². The minimum atomic E-state index is -1.02. The molecule has 2 rings (SSSR count). The van der Waals surface area contributed by atoms with E-state index in [1.54, 1.807) is 41.9 Å². The number of carbonyl (C=O) groups excluding carboxylic acids is 1. The Bertz CT molecular complexity index is 647. The van der Waals surface area contributed by atoms with Gasteiger partial charge in [0.05, 0.1) is 0 Å². The SMILES string of the molecule is CC(Oc1ccc(/C=C/C(=O)c2nccs2)cc1)C(=O)O. The van der Waals surface area contributed by atoms with Crippen molar-refractivity contribution in [1.82, 2.24) is 4.98 Å². The number of benzene rings is 1. The van der Waals surface area contributed by atoms with Crippen molar-refractivity contribution in [1.29, 1.82) is 0 Å². The van der Waals surface area contributed by atoms with Crippen molar-refractivity contribution in [3.63, 3.8) is 0 Å². The van der Waals surface area contributed by atoms with E-state index < -0.39 is 12.1 Å². The van der Waals surface area contributed by atoms with E-state index in [0.29, 0.717) is 10.8 Å². The third kappa shape index (κ3) is 4.25. The van der Waals surface area contributed by atoms with Gasteiger partial charge in [-0.25, -0.2) is 9.78 Å². The number of ether oxygens (including phenoxy) is 1. The van der Waals surface area contributed by atoms with Gasteiger partial charge in [0.2, 0.25) is 5.78 Å². The molecule has 0 aliphatic carbocycles. The van der Waals surface area contributed by atoms with Crippen LogP contribution in [0.5, 0.6) is 5.75 Å². The Kier molecular flexibility index (Phi) is 4.84. The number of hydrogen-bond donors (Lipinski definition) is 1. The molecular weight excluding hydrogens is 290 g/mol. The minimum Gasteiger partial charge on any atom is -0.479 e. The molecule has 1 heterocycles. The number of aliphatic carboxylic acids is 1. The van der Waals surface area contributed by atoms with Gasteiger partial charge in [0.25, 0.3) is 0 Å². The fourth-order valence-corrected chi connectivity index (χ4v) is 2.06. The highest BCUT2D eigenvalue weighted by Gasteiger charge is 2.11. The third-order valence-electron chi connectivity index (χ3n) is 2.61. The lowest BCUT2D eigenvalue weighted by molar-refractivity contribution is -0.144. The van der Waals surface area contributed by atoms with Gasteiger partial charge in [-0.3, -0.25) is 4.79 Å². The molecule has 6 heteroatoms. The number of carbonyl (C=O) groups is 2. The van der Waals surface area contributed by atoms with Crippen molar-refractivity contribution in [2.24, 2.45) is 0 Å². The normalized spacial score (nSPS) is 12.2. The van der Waals surface area contributed by atoms with Gasteiger partial charge >= 0.3 is 5.97 Å². The molecule has 0 spiro atoms. The number of aromatic nitrogens is 1. The van der Waals surface area contributed by atoms with Crippen LogP contribution in [0, 0.1) is 0 Å². The second-order valence-corrected chi connectivity index (χ2v) is 5.10. The monoisotopic (exact) mass is 303 g/mol. The van der Waals surface area contributed by atoms with Gasteiger partial charge in [0, 0.05) is 11.6 Å². The number of nitrogens with zero attached hydrogens (tertiary/aromatic N) is 1. The Morgan fingerprint density at radius 2 is 2.05 bits per heavy atom. The molecule has 1 unspecified atom stereocenters. The van der Waals surface area contributed by atoms with Crippen molar-refractivity contribution >= 4 is 29.2 Å². The van der Waals surface area contributed by atoms with E-state index in [1.807, 2.05) is 0 Å². The van der Waals surface area contributed by atoms with Crippen LogP contribution in [0.25, 0.3) is 6.08 Å². The van der Waals surface area contributed by atoms with Crippen molar-refractivity contribution in [3.8, 4) is 5.75 Å². The maximum atomic E-state index is 11.7. The molecule has 0 aliphatic heterocycles. The zero-order chi connectivity index (χ0) is 15.2. The van der Waals surface area contributed by atoms with Gasteiger partial charge in [-0.2, -0.15) is 0 Å². The van der Waals surface area contributed by atoms with Crippen LogP contribution in [-0.2, 0) is 4.79 Å². The van der Waals surface area contributed by atoms with E-state index in [1.165, 1.54) is 24.3 Å². The van der Waals surface area contributed by atoms with Crippen molar-refractivity contribution in [2.45, 2.75) is 13.0 Å². The van der Waals surface area contributed by atoms with Crippen LogP contribution in [0.15, 0.2) is 41.9 Å². The first-order valence-electron chi connectivity index (χ1n) is 6.17. The maximum Gasteiger partial charge on any atom is 0.344 e. The Balaban J connectivity index is 1.99. The van der Waals surface area contributed by atoms with Crippen LogP contribution < -0.4 is 4.74 Å². The summed E-state index contributed by atoms with van der Waals surface area (Å²) in [5.74, 6) is -0.703. The summed E-state index contributed by atoms with van der Waals surface area (Å²) in [4.78, 5) is 26.4. The summed E-state index contributed by atoms with van der Waals surface area (Å²) < 4.78 is 5.22. The lowest BCUT2D eigenvalue weighted by Gasteiger charge is -2.09. The first-order valence-corrected chi connectivity index (χ1v) is 7.05. The number of rotatable bonds is 6. The van der Waals surface area contributed by atoms with Gasteiger partial charge in [0.1, 0.15) is 5.75 Å². The molecule has 0 saturated heterocycles. The maximum absolute atomic E-state index is 11.7. The number of hydrogen-bond acceptors (Lipinski definition) is 5. The zero-order valence-corrected chi connectivity index (χ0v) is 12.0. The Hall–Kier alpha value is -2.47. The Morgan fingerprint density at radius 1 is 1.33 bits per heavy atom. The molecule has 1 N–H and O–H groups in total. The summed E-state index contributed by atoms with van der Waals surface area (Å²) in [6.45, 7) is 1.46. The van der Waals surface area contributed by atoms with Gasteiger partial charge in [0.15, 0.2) is 11.1 Å². The zero-order valence-electron chi connectivity index (χ0n) is 11.2. The fraction of sp³-hybridized carbons (Fsp3) is 0.133. The molecule has 0 radical (unpaired) electrons. The molecule has 21 heavy (non-hydrogen) atoms. The topological polar surface area (TPSA) is 76.5 Å². The molecule has 0 fully saturated rings. The lowest BCUT2D eigenvalue weighted by Crippen LogP contribution is -2.22. The molecule has 0 bridgehead atoms. The predicted octanol–water partition coefficient (Wildman–Crippen LogP) is 2.89. The predicted molar refractivity (Wildman–Crippen MR) is 79.6 cm³/mol.